The van der Waals surface area contributed by atoms with Crippen molar-refractivity contribution in [1.82, 2.24) is 0 Å². The van der Waals surface area contributed by atoms with Crippen LogP contribution in [0.4, 0.5) is 0 Å². The van der Waals surface area contributed by atoms with Crippen molar-refractivity contribution in [3.8, 4) is 11.5 Å². The van der Waals surface area contributed by atoms with Gasteiger partial charge in [0.1, 0.15) is 11.5 Å². The van der Waals surface area contributed by atoms with Gasteiger partial charge in [0.2, 0.25) is 5.78 Å². The van der Waals surface area contributed by atoms with Crippen LogP contribution in [0.5, 0.6) is 11.5 Å². The second-order valence-electron chi connectivity index (χ2n) is 5.35. The Morgan fingerprint density at radius 1 is 1.33 bits per heavy atom. The van der Waals surface area contributed by atoms with Crippen LogP contribution in [0.15, 0.2) is 35.4 Å². The number of thiophene rings is 1. The topological polar surface area (TPSA) is 61.8 Å². The first-order chi connectivity index (χ1) is 11.5. The minimum absolute atomic E-state index is 0.162. The minimum atomic E-state index is -0.742. The maximum atomic E-state index is 12.4. The van der Waals surface area contributed by atoms with E-state index in [-0.39, 0.29) is 11.5 Å². The molecule has 3 rings (SSSR count). The molecule has 0 saturated carbocycles. The molecule has 5 nitrogen and oxygen atoms in total. The summed E-state index contributed by atoms with van der Waals surface area (Å²) in [6, 6.07) is 6.87. The van der Waals surface area contributed by atoms with E-state index in [1.807, 2.05) is 18.4 Å². The van der Waals surface area contributed by atoms with Gasteiger partial charge in [-0.15, -0.1) is 11.3 Å². The fourth-order valence-corrected chi connectivity index (χ4v) is 3.16. The van der Waals surface area contributed by atoms with Crippen LogP contribution in [0, 0.1) is 6.92 Å². The number of ketones is 1. The number of hydrogen-bond donors (Lipinski definition) is 0. The molecular formula is C18H16O5S. The van der Waals surface area contributed by atoms with Gasteiger partial charge in [-0.25, -0.2) is 4.79 Å². The monoisotopic (exact) mass is 344 g/mol. The molecule has 1 aromatic heterocycles. The molecule has 0 unspecified atom stereocenters. The summed E-state index contributed by atoms with van der Waals surface area (Å²) in [6.07, 6.45) is 1.01. The van der Waals surface area contributed by atoms with Gasteiger partial charge < -0.3 is 14.2 Å². The van der Waals surface area contributed by atoms with Crippen molar-refractivity contribution in [2.24, 2.45) is 0 Å². The summed E-state index contributed by atoms with van der Waals surface area (Å²) in [4.78, 5) is 24.8. The lowest BCUT2D eigenvalue weighted by molar-refractivity contribution is -0.147. The lowest BCUT2D eigenvalue weighted by Gasteiger charge is -2.12. The molecule has 0 radical (unpaired) electrons. The zero-order valence-corrected chi connectivity index (χ0v) is 14.3. The number of aryl methyl sites for hydroxylation is 1. The van der Waals surface area contributed by atoms with Crippen molar-refractivity contribution in [2.45, 2.75) is 20.0 Å². The Bertz CT molecular complexity index is 834. The fourth-order valence-electron chi connectivity index (χ4n) is 2.31. The molecule has 1 aromatic carbocycles. The highest BCUT2D eigenvalue weighted by atomic mass is 32.1. The van der Waals surface area contributed by atoms with Gasteiger partial charge in [-0.3, -0.25) is 4.79 Å². The van der Waals surface area contributed by atoms with E-state index < -0.39 is 12.1 Å². The summed E-state index contributed by atoms with van der Waals surface area (Å²) in [7, 11) is 1.30. The number of carbonyl (C=O) groups excluding carboxylic acids is 2. The second kappa shape index (κ2) is 6.49. The molecule has 1 aliphatic rings. The number of allylic oxidation sites excluding steroid dienone is 1. The van der Waals surface area contributed by atoms with Crippen molar-refractivity contribution in [3.63, 3.8) is 0 Å². The molecule has 1 atom stereocenters. The Balaban J connectivity index is 1.83. The quantitative estimate of drug-likeness (QED) is 0.626. The highest BCUT2D eigenvalue weighted by Gasteiger charge is 2.28. The van der Waals surface area contributed by atoms with Crippen molar-refractivity contribution in [1.29, 1.82) is 0 Å². The SMILES string of the molecule is COC(=O)[C@@H](C)Oc1ccc2c(c1)O/C(=C/c1sccc1C)C2=O. The average Bonchev–Trinajstić information content (AvgIpc) is 3.11. The highest BCUT2D eigenvalue weighted by Crippen LogP contribution is 2.35. The van der Waals surface area contributed by atoms with E-state index in [1.165, 1.54) is 7.11 Å². The van der Waals surface area contributed by atoms with E-state index in [1.54, 1.807) is 42.5 Å². The zero-order valence-electron chi connectivity index (χ0n) is 13.5. The van der Waals surface area contributed by atoms with Gasteiger partial charge in [-0.05, 0) is 43.0 Å². The van der Waals surface area contributed by atoms with Crippen LogP contribution < -0.4 is 9.47 Å². The summed E-state index contributed by atoms with van der Waals surface area (Å²) in [5, 5.41) is 1.97. The van der Waals surface area contributed by atoms with Gasteiger partial charge in [0.15, 0.2) is 11.9 Å². The third-order valence-electron chi connectivity index (χ3n) is 3.65. The molecule has 0 saturated heterocycles. The maximum Gasteiger partial charge on any atom is 0.346 e. The summed E-state index contributed by atoms with van der Waals surface area (Å²) >= 11 is 1.55. The standard InChI is InChI=1S/C18H16O5S/c1-10-6-7-24-16(10)9-15-17(19)13-5-4-12(8-14(13)23-15)22-11(2)18(20)21-3/h4-9,11H,1-3H3/b15-9+/t11-/m1/s1. The van der Waals surface area contributed by atoms with E-state index in [0.717, 1.165) is 10.4 Å². The van der Waals surface area contributed by atoms with Crippen molar-refractivity contribution in [3.05, 3.63) is 51.4 Å². The van der Waals surface area contributed by atoms with E-state index in [9.17, 15) is 9.59 Å². The van der Waals surface area contributed by atoms with Crippen LogP contribution >= 0.6 is 11.3 Å². The van der Waals surface area contributed by atoms with E-state index in [2.05, 4.69) is 4.74 Å². The zero-order chi connectivity index (χ0) is 17.3. The van der Waals surface area contributed by atoms with Crippen LogP contribution in [0.25, 0.3) is 6.08 Å². The Labute approximate surface area is 143 Å². The van der Waals surface area contributed by atoms with E-state index in [4.69, 9.17) is 9.47 Å². The number of esters is 1. The minimum Gasteiger partial charge on any atom is -0.479 e. The summed E-state index contributed by atoms with van der Waals surface area (Å²) in [5.41, 5.74) is 1.57. The molecular weight excluding hydrogens is 328 g/mol. The summed E-state index contributed by atoms with van der Waals surface area (Å²) < 4.78 is 15.8. The number of rotatable bonds is 4. The molecule has 0 bridgehead atoms. The molecule has 1 aliphatic heterocycles. The van der Waals surface area contributed by atoms with Gasteiger partial charge in [-0.2, -0.15) is 0 Å². The number of ether oxygens (including phenoxy) is 3. The van der Waals surface area contributed by atoms with Gasteiger partial charge in [0.05, 0.1) is 12.7 Å². The largest absolute Gasteiger partial charge is 0.479 e. The Kier molecular flexibility index (Phi) is 4.40. The van der Waals surface area contributed by atoms with Crippen molar-refractivity contribution in [2.75, 3.05) is 7.11 Å². The maximum absolute atomic E-state index is 12.4. The predicted molar refractivity (Wildman–Crippen MR) is 90.5 cm³/mol. The first-order valence-corrected chi connectivity index (χ1v) is 8.24. The predicted octanol–water partition coefficient (Wildman–Crippen LogP) is 3.61. The van der Waals surface area contributed by atoms with Crippen LogP contribution in [0.2, 0.25) is 0 Å². The van der Waals surface area contributed by atoms with Crippen LogP contribution in [-0.4, -0.2) is 25.0 Å². The molecule has 2 aromatic rings. The molecule has 0 spiro atoms. The van der Waals surface area contributed by atoms with Crippen LogP contribution in [0.1, 0.15) is 27.7 Å². The van der Waals surface area contributed by atoms with Gasteiger partial charge in [0.25, 0.3) is 0 Å². The Morgan fingerprint density at radius 2 is 2.12 bits per heavy atom. The van der Waals surface area contributed by atoms with E-state index >= 15 is 0 Å². The molecule has 24 heavy (non-hydrogen) atoms. The van der Waals surface area contributed by atoms with Crippen LogP contribution in [0.3, 0.4) is 0 Å². The fraction of sp³-hybridized carbons (Fsp3) is 0.222. The number of carbonyl (C=O) groups is 2. The van der Waals surface area contributed by atoms with Crippen molar-refractivity contribution < 1.29 is 23.8 Å². The first-order valence-electron chi connectivity index (χ1n) is 7.36. The molecule has 0 amide bonds. The van der Waals surface area contributed by atoms with Gasteiger partial charge >= 0.3 is 5.97 Å². The number of fused-ring (bicyclic) bond motifs is 1. The third-order valence-corrected chi connectivity index (χ3v) is 4.62. The molecule has 6 heteroatoms. The van der Waals surface area contributed by atoms with Crippen LogP contribution in [-0.2, 0) is 9.53 Å². The summed E-state index contributed by atoms with van der Waals surface area (Å²) in [6.45, 7) is 3.57. The lowest BCUT2D eigenvalue weighted by Crippen LogP contribution is -2.24. The average molecular weight is 344 g/mol. The number of hydrogen-bond acceptors (Lipinski definition) is 6. The molecule has 2 heterocycles. The number of benzene rings is 1. The number of methoxy groups -OCH3 is 1. The Morgan fingerprint density at radius 3 is 2.79 bits per heavy atom. The van der Waals surface area contributed by atoms with Gasteiger partial charge in [-0.1, -0.05) is 0 Å². The smallest absolute Gasteiger partial charge is 0.346 e. The lowest BCUT2D eigenvalue weighted by atomic mass is 10.1. The number of Topliss-reactive ketones (excluding diaryl/α,β-unsaturated/α-hetero) is 1. The molecule has 0 fully saturated rings. The molecule has 124 valence electrons. The van der Waals surface area contributed by atoms with E-state index in [0.29, 0.717) is 17.1 Å². The summed E-state index contributed by atoms with van der Waals surface area (Å²) in [5.74, 6) is 0.517. The first kappa shape index (κ1) is 16.3. The molecule has 0 aliphatic carbocycles. The Hall–Kier alpha value is -2.60. The highest BCUT2D eigenvalue weighted by molar-refractivity contribution is 7.11. The molecule has 0 N–H and O–H groups in total. The van der Waals surface area contributed by atoms with Gasteiger partial charge in [0, 0.05) is 17.0 Å². The second-order valence-corrected chi connectivity index (χ2v) is 6.30. The normalized spacial score (nSPS) is 15.8. The van der Waals surface area contributed by atoms with Crippen molar-refractivity contribution >= 4 is 29.2 Å². The third kappa shape index (κ3) is 3.05.